The third-order valence-electron chi connectivity index (χ3n) is 3.86. The Labute approximate surface area is 142 Å². The highest BCUT2D eigenvalue weighted by atomic mass is 16.5. The summed E-state index contributed by atoms with van der Waals surface area (Å²) in [5.41, 5.74) is 0. The summed E-state index contributed by atoms with van der Waals surface area (Å²) in [7, 11) is 1.66. The molecule has 0 unspecified atom stereocenters. The van der Waals surface area contributed by atoms with Crippen molar-refractivity contribution < 1.29 is 14.2 Å². The second-order valence-electron chi connectivity index (χ2n) is 5.59. The van der Waals surface area contributed by atoms with Crippen LogP contribution in [-0.2, 0) is 0 Å². The standard InChI is InChI=1S/C21H22O3/c1-22-19-10-12-20(13-11-19)23-14-4-5-15-24-21-9-8-17-6-2-3-7-18(17)16-21/h2-3,6-13,16H,4-5,14-15H2,1H3. The van der Waals surface area contributed by atoms with Gasteiger partial charge in [0.15, 0.2) is 0 Å². The molecule has 3 heteroatoms. The lowest BCUT2D eigenvalue weighted by Crippen LogP contribution is -2.02. The van der Waals surface area contributed by atoms with Gasteiger partial charge in [-0.2, -0.15) is 0 Å². The van der Waals surface area contributed by atoms with E-state index in [1.807, 2.05) is 42.5 Å². The summed E-state index contributed by atoms with van der Waals surface area (Å²) in [6.07, 6.45) is 1.92. The minimum absolute atomic E-state index is 0.688. The summed E-state index contributed by atoms with van der Waals surface area (Å²) in [5, 5.41) is 2.44. The Bertz CT molecular complexity index is 765. The van der Waals surface area contributed by atoms with Crippen LogP contribution in [0.25, 0.3) is 10.8 Å². The highest BCUT2D eigenvalue weighted by molar-refractivity contribution is 5.83. The van der Waals surface area contributed by atoms with Crippen molar-refractivity contribution in [2.45, 2.75) is 12.8 Å². The van der Waals surface area contributed by atoms with Crippen molar-refractivity contribution in [3.8, 4) is 17.2 Å². The molecule has 0 aliphatic rings. The van der Waals surface area contributed by atoms with Crippen LogP contribution in [0.1, 0.15) is 12.8 Å². The molecule has 0 spiro atoms. The molecule has 0 fully saturated rings. The van der Waals surface area contributed by atoms with E-state index in [0.29, 0.717) is 13.2 Å². The number of hydrogen-bond acceptors (Lipinski definition) is 3. The number of methoxy groups -OCH3 is 1. The SMILES string of the molecule is COc1ccc(OCCCCOc2ccc3ccccc3c2)cc1. The van der Waals surface area contributed by atoms with E-state index in [1.54, 1.807) is 7.11 Å². The van der Waals surface area contributed by atoms with Gasteiger partial charge >= 0.3 is 0 Å². The van der Waals surface area contributed by atoms with E-state index in [4.69, 9.17) is 14.2 Å². The van der Waals surface area contributed by atoms with E-state index in [1.165, 1.54) is 10.8 Å². The quantitative estimate of drug-likeness (QED) is 0.541. The first-order valence-electron chi connectivity index (χ1n) is 8.23. The summed E-state index contributed by atoms with van der Waals surface area (Å²) in [4.78, 5) is 0. The minimum Gasteiger partial charge on any atom is -0.497 e. The van der Waals surface area contributed by atoms with Gasteiger partial charge in [-0.05, 0) is 60.0 Å². The van der Waals surface area contributed by atoms with Crippen molar-refractivity contribution in [2.75, 3.05) is 20.3 Å². The Kier molecular flexibility index (Phi) is 5.56. The summed E-state index contributed by atoms with van der Waals surface area (Å²) < 4.78 is 16.7. The molecule has 0 radical (unpaired) electrons. The summed E-state index contributed by atoms with van der Waals surface area (Å²) in [6.45, 7) is 1.39. The van der Waals surface area contributed by atoms with Gasteiger partial charge in [-0.15, -0.1) is 0 Å². The molecule has 3 aromatic rings. The fraction of sp³-hybridized carbons (Fsp3) is 0.238. The Balaban J connectivity index is 1.37. The molecule has 0 aliphatic heterocycles. The molecule has 24 heavy (non-hydrogen) atoms. The molecule has 0 aliphatic carbocycles. The van der Waals surface area contributed by atoms with Gasteiger partial charge in [0.25, 0.3) is 0 Å². The first kappa shape index (κ1) is 16.2. The number of fused-ring (bicyclic) bond motifs is 1. The smallest absolute Gasteiger partial charge is 0.119 e. The number of ether oxygens (including phenoxy) is 3. The van der Waals surface area contributed by atoms with Gasteiger partial charge in [0.05, 0.1) is 20.3 Å². The molecule has 0 aromatic heterocycles. The molecule has 0 bridgehead atoms. The van der Waals surface area contributed by atoms with Gasteiger partial charge < -0.3 is 14.2 Å². The molecule has 0 saturated heterocycles. The first-order valence-corrected chi connectivity index (χ1v) is 8.23. The Morgan fingerprint density at radius 1 is 0.625 bits per heavy atom. The van der Waals surface area contributed by atoms with E-state index in [-0.39, 0.29) is 0 Å². The molecule has 3 nitrogen and oxygen atoms in total. The van der Waals surface area contributed by atoms with Crippen LogP contribution in [0, 0.1) is 0 Å². The summed E-state index contributed by atoms with van der Waals surface area (Å²) in [5.74, 6) is 2.63. The lowest BCUT2D eigenvalue weighted by atomic mass is 10.1. The van der Waals surface area contributed by atoms with Gasteiger partial charge in [0.2, 0.25) is 0 Å². The lowest BCUT2D eigenvalue weighted by molar-refractivity contribution is 0.266. The Hall–Kier alpha value is -2.68. The van der Waals surface area contributed by atoms with Crippen LogP contribution in [0.2, 0.25) is 0 Å². The Morgan fingerprint density at radius 2 is 1.21 bits per heavy atom. The normalized spacial score (nSPS) is 10.5. The summed E-state index contributed by atoms with van der Waals surface area (Å²) >= 11 is 0. The van der Waals surface area contributed by atoms with Crippen LogP contribution in [0.4, 0.5) is 0 Å². The third-order valence-corrected chi connectivity index (χ3v) is 3.86. The molecule has 0 saturated carbocycles. The minimum atomic E-state index is 0.688. The highest BCUT2D eigenvalue weighted by Gasteiger charge is 1.98. The molecule has 0 heterocycles. The van der Waals surface area contributed by atoms with Crippen LogP contribution >= 0.6 is 0 Å². The molecule has 0 atom stereocenters. The molecule has 3 aromatic carbocycles. The number of unbranched alkanes of at least 4 members (excludes halogenated alkanes) is 1. The monoisotopic (exact) mass is 322 g/mol. The van der Waals surface area contributed by atoms with Crippen molar-refractivity contribution in [3.63, 3.8) is 0 Å². The number of rotatable bonds is 8. The predicted molar refractivity (Wildman–Crippen MR) is 97.2 cm³/mol. The van der Waals surface area contributed by atoms with E-state index >= 15 is 0 Å². The van der Waals surface area contributed by atoms with Gasteiger partial charge in [-0.25, -0.2) is 0 Å². The zero-order valence-corrected chi connectivity index (χ0v) is 13.9. The van der Waals surface area contributed by atoms with Crippen LogP contribution < -0.4 is 14.2 Å². The third kappa shape index (κ3) is 4.42. The maximum Gasteiger partial charge on any atom is 0.119 e. The second kappa shape index (κ2) is 8.25. The Morgan fingerprint density at radius 3 is 1.92 bits per heavy atom. The van der Waals surface area contributed by atoms with E-state index < -0.39 is 0 Å². The zero-order valence-electron chi connectivity index (χ0n) is 13.9. The van der Waals surface area contributed by atoms with Gasteiger partial charge in [-0.3, -0.25) is 0 Å². The lowest BCUT2D eigenvalue weighted by Gasteiger charge is -2.09. The average Bonchev–Trinajstić information content (AvgIpc) is 2.65. The second-order valence-corrected chi connectivity index (χ2v) is 5.59. The first-order chi connectivity index (χ1) is 11.8. The van der Waals surface area contributed by atoms with E-state index in [9.17, 15) is 0 Å². The largest absolute Gasteiger partial charge is 0.497 e. The van der Waals surface area contributed by atoms with Crippen LogP contribution in [0.5, 0.6) is 17.2 Å². The fourth-order valence-electron chi connectivity index (χ4n) is 2.51. The van der Waals surface area contributed by atoms with Crippen LogP contribution in [0.3, 0.4) is 0 Å². The molecular formula is C21H22O3. The molecular weight excluding hydrogens is 300 g/mol. The maximum atomic E-state index is 5.82. The number of benzene rings is 3. The van der Waals surface area contributed by atoms with Crippen molar-refractivity contribution in [2.24, 2.45) is 0 Å². The average molecular weight is 322 g/mol. The van der Waals surface area contributed by atoms with Crippen LogP contribution in [-0.4, -0.2) is 20.3 Å². The maximum absolute atomic E-state index is 5.82. The van der Waals surface area contributed by atoms with Gasteiger partial charge in [-0.1, -0.05) is 30.3 Å². The van der Waals surface area contributed by atoms with Crippen molar-refractivity contribution in [3.05, 3.63) is 66.7 Å². The molecule has 0 amide bonds. The van der Waals surface area contributed by atoms with Gasteiger partial charge in [0.1, 0.15) is 17.2 Å². The molecule has 0 N–H and O–H groups in total. The molecule has 3 rings (SSSR count). The van der Waals surface area contributed by atoms with E-state index in [2.05, 4.69) is 24.3 Å². The van der Waals surface area contributed by atoms with E-state index in [0.717, 1.165) is 30.1 Å². The van der Waals surface area contributed by atoms with Gasteiger partial charge in [0, 0.05) is 0 Å². The van der Waals surface area contributed by atoms with Crippen molar-refractivity contribution >= 4 is 10.8 Å². The van der Waals surface area contributed by atoms with Crippen molar-refractivity contribution in [1.29, 1.82) is 0 Å². The topological polar surface area (TPSA) is 27.7 Å². The zero-order chi connectivity index (χ0) is 16.6. The fourth-order valence-corrected chi connectivity index (χ4v) is 2.51. The van der Waals surface area contributed by atoms with Crippen molar-refractivity contribution in [1.82, 2.24) is 0 Å². The predicted octanol–water partition coefficient (Wildman–Crippen LogP) is 5.09. The van der Waals surface area contributed by atoms with Crippen LogP contribution in [0.15, 0.2) is 66.7 Å². The summed E-state index contributed by atoms with van der Waals surface area (Å²) in [6, 6.07) is 22.1. The molecule has 124 valence electrons. The highest BCUT2D eigenvalue weighted by Crippen LogP contribution is 2.21. The number of hydrogen-bond donors (Lipinski definition) is 0.